The summed E-state index contributed by atoms with van der Waals surface area (Å²) in [5.41, 5.74) is 2.38. The van der Waals surface area contributed by atoms with E-state index in [4.69, 9.17) is 9.47 Å². The Kier molecular flexibility index (Phi) is 6.18. The van der Waals surface area contributed by atoms with Crippen molar-refractivity contribution in [1.82, 2.24) is 9.47 Å². The molecule has 0 aliphatic rings. The van der Waals surface area contributed by atoms with Gasteiger partial charge in [0.2, 0.25) is 0 Å². The van der Waals surface area contributed by atoms with Crippen LogP contribution in [0, 0.1) is 0 Å². The van der Waals surface area contributed by atoms with E-state index in [9.17, 15) is 9.59 Å². The Labute approximate surface area is 192 Å². The van der Waals surface area contributed by atoms with Crippen LogP contribution in [0.1, 0.15) is 16.1 Å². The van der Waals surface area contributed by atoms with Crippen molar-refractivity contribution >= 4 is 16.7 Å². The van der Waals surface area contributed by atoms with Gasteiger partial charge in [0.1, 0.15) is 17.2 Å². The summed E-state index contributed by atoms with van der Waals surface area (Å²) in [7, 11) is 6.56. The quantitative estimate of drug-likeness (QED) is 0.441. The lowest BCUT2D eigenvalue weighted by molar-refractivity contribution is 0.0774. The molecule has 1 amide bonds. The van der Waals surface area contributed by atoms with Gasteiger partial charge in [0.25, 0.3) is 11.5 Å². The van der Waals surface area contributed by atoms with E-state index in [2.05, 4.69) is 0 Å². The first kappa shape index (κ1) is 22.1. The predicted octanol–water partition coefficient (Wildman–Crippen LogP) is 4.49. The van der Waals surface area contributed by atoms with Crippen LogP contribution >= 0.6 is 0 Å². The number of fused-ring (bicyclic) bond motifs is 1. The molecule has 0 N–H and O–H groups in total. The highest BCUT2D eigenvalue weighted by molar-refractivity contribution is 6.09. The highest BCUT2D eigenvalue weighted by Gasteiger charge is 2.26. The van der Waals surface area contributed by atoms with E-state index in [0.717, 1.165) is 11.1 Å². The molecule has 0 saturated carbocycles. The molecule has 33 heavy (non-hydrogen) atoms. The minimum absolute atomic E-state index is 0.224. The number of aromatic nitrogens is 1. The van der Waals surface area contributed by atoms with E-state index in [1.165, 1.54) is 4.57 Å². The van der Waals surface area contributed by atoms with Gasteiger partial charge in [0.05, 0.1) is 14.2 Å². The molecule has 168 valence electrons. The average molecular weight is 443 g/mol. The van der Waals surface area contributed by atoms with Gasteiger partial charge in [0, 0.05) is 42.7 Å². The minimum atomic E-state index is -0.271. The smallest absolute Gasteiger partial charge is 0.271 e. The van der Waals surface area contributed by atoms with Crippen LogP contribution in [0.2, 0.25) is 0 Å². The maximum Gasteiger partial charge on any atom is 0.271 e. The van der Waals surface area contributed by atoms with Crippen molar-refractivity contribution in [2.45, 2.75) is 6.54 Å². The highest BCUT2D eigenvalue weighted by Crippen LogP contribution is 2.37. The standard InChI is InChI=1S/C27H26N2O4/c1-28(17-18-11-5-9-15-22(18)32-3)27(31)25-24(21-14-8-10-16-23(21)33-4)19-12-6-7-13-20(19)26(30)29(25)2/h5-16H,17H2,1-4H3. The molecular weight excluding hydrogens is 416 g/mol. The number of nitrogens with zero attached hydrogens (tertiary/aromatic N) is 2. The van der Waals surface area contributed by atoms with E-state index in [1.54, 1.807) is 39.3 Å². The fourth-order valence-corrected chi connectivity index (χ4v) is 4.18. The number of pyridine rings is 1. The number of para-hydroxylation sites is 2. The van der Waals surface area contributed by atoms with Gasteiger partial charge in [-0.15, -0.1) is 0 Å². The van der Waals surface area contributed by atoms with Gasteiger partial charge in [0.15, 0.2) is 0 Å². The second-order valence-electron chi connectivity index (χ2n) is 7.81. The maximum absolute atomic E-state index is 13.8. The fourth-order valence-electron chi connectivity index (χ4n) is 4.18. The van der Waals surface area contributed by atoms with Crippen LogP contribution in [-0.2, 0) is 13.6 Å². The SMILES string of the molecule is COc1ccccc1CN(C)C(=O)c1c(-c2ccccc2OC)c2ccccc2c(=O)n1C. The summed E-state index contributed by atoms with van der Waals surface area (Å²) >= 11 is 0. The molecule has 1 aromatic heterocycles. The Morgan fingerprint density at radius 1 is 0.848 bits per heavy atom. The van der Waals surface area contributed by atoms with E-state index < -0.39 is 0 Å². The molecule has 3 aromatic carbocycles. The molecule has 6 heteroatoms. The van der Waals surface area contributed by atoms with Gasteiger partial charge in [-0.25, -0.2) is 0 Å². The van der Waals surface area contributed by atoms with Crippen molar-refractivity contribution in [2.75, 3.05) is 21.3 Å². The Hall–Kier alpha value is -4.06. The number of amides is 1. The first-order valence-electron chi connectivity index (χ1n) is 10.6. The molecule has 0 spiro atoms. The molecular formula is C27H26N2O4. The molecule has 0 aliphatic heterocycles. The van der Waals surface area contributed by atoms with Crippen LogP contribution in [0.5, 0.6) is 11.5 Å². The third-order valence-corrected chi connectivity index (χ3v) is 5.83. The number of carbonyl (C=O) groups excluding carboxylic acids is 1. The molecule has 0 saturated heterocycles. The second kappa shape index (κ2) is 9.20. The monoisotopic (exact) mass is 442 g/mol. The molecule has 4 rings (SSSR count). The third kappa shape index (κ3) is 3.96. The van der Waals surface area contributed by atoms with Crippen LogP contribution in [0.15, 0.2) is 77.6 Å². The van der Waals surface area contributed by atoms with Crippen molar-refractivity contribution in [2.24, 2.45) is 7.05 Å². The molecule has 0 atom stereocenters. The number of methoxy groups -OCH3 is 2. The topological polar surface area (TPSA) is 60.8 Å². The molecule has 6 nitrogen and oxygen atoms in total. The normalized spacial score (nSPS) is 10.8. The number of ether oxygens (including phenoxy) is 2. The molecule has 0 aliphatic carbocycles. The lowest BCUT2D eigenvalue weighted by atomic mass is 9.95. The summed E-state index contributed by atoms with van der Waals surface area (Å²) in [6.45, 7) is 0.329. The number of rotatable bonds is 6. The largest absolute Gasteiger partial charge is 0.496 e. The van der Waals surface area contributed by atoms with Crippen LogP contribution in [0.25, 0.3) is 21.9 Å². The lowest BCUT2D eigenvalue weighted by Crippen LogP contribution is -2.33. The van der Waals surface area contributed by atoms with E-state index >= 15 is 0 Å². The van der Waals surface area contributed by atoms with E-state index in [-0.39, 0.29) is 11.5 Å². The first-order chi connectivity index (χ1) is 16.0. The third-order valence-electron chi connectivity index (χ3n) is 5.83. The van der Waals surface area contributed by atoms with Crippen LogP contribution in [-0.4, -0.2) is 36.6 Å². The Morgan fingerprint density at radius 2 is 1.42 bits per heavy atom. The number of benzene rings is 3. The second-order valence-corrected chi connectivity index (χ2v) is 7.81. The summed E-state index contributed by atoms with van der Waals surface area (Å²) in [5.74, 6) is 1.06. The first-order valence-corrected chi connectivity index (χ1v) is 10.6. The number of carbonyl (C=O) groups is 1. The maximum atomic E-state index is 13.8. The van der Waals surface area contributed by atoms with Crippen molar-refractivity contribution < 1.29 is 14.3 Å². The molecule has 0 fully saturated rings. The van der Waals surface area contributed by atoms with Crippen LogP contribution < -0.4 is 15.0 Å². The van der Waals surface area contributed by atoms with Crippen molar-refractivity contribution in [3.8, 4) is 22.6 Å². The van der Waals surface area contributed by atoms with Gasteiger partial charge < -0.3 is 18.9 Å². The van der Waals surface area contributed by atoms with Crippen LogP contribution in [0.4, 0.5) is 0 Å². The molecule has 0 bridgehead atoms. The fraction of sp³-hybridized carbons (Fsp3) is 0.185. The van der Waals surface area contributed by atoms with Gasteiger partial charge in [-0.3, -0.25) is 9.59 Å². The summed E-state index contributed by atoms with van der Waals surface area (Å²) in [5, 5.41) is 1.25. The zero-order valence-electron chi connectivity index (χ0n) is 19.2. The summed E-state index contributed by atoms with van der Waals surface area (Å²) in [4.78, 5) is 28.7. The minimum Gasteiger partial charge on any atom is -0.496 e. The highest BCUT2D eigenvalue weighted by atomic mass is 16.5. The Morgan fingerprint density at radius 3 is 2.12 bits per heavy atom. The average Bonchev–Trinajstić information content (AvgIpc) is 2.86. The van der Waals surface area contributed by atoms with Gasteiger partial charge >= 0.3 is 0 Å². The molecule has 0 unspecified atom stereocenters. The Balaban J connectivity index is 1.94. The van der Waals surface area contributed by atoms with E-state index in [1.807, 2.05) is 66.7 Å². The van der Waals surface area contributed by atoms with E-state index in [0.29, 0.717) is 40.1 Å². The van der Waals surface area contributed by atoms with Gasteiger partial charge in [-0.1, -0.05) is 54.6 Å². The van der Waals surface area contributed by atoms with Crippen molar-refractivity contribution in [3.05, 3.63) is 94.4 Å². The molecule has 4 aromatic rings. The molecule has 1 heterocycles. The lowest BCUT2D eigenvalue weighted by Gasteiger charge is -2.23. The summed E-state index contributed by atoms with van der Waals surface area (Å²) in [6.07, 6.45) is 0. The summed E-state index contributed by atoms with van der Waals surface area (Å²) in [6, 6.07) is 22.4. The predicted molar refractivity (Wildman–Crippen MR) is 130 cm³/mol. The zero-order valence-corrected chi connectivity index (χ0v) is 19.2. The number of hydrogen-bond acceptors (Lipinski definition) is 4. The number of hydrogen-bond donors (Lipinski definition) is 0. The van der Waals surface area contributed by atoms with Gasteiger partial charge in [-0.05, 0) is 23.6 Å². The van der Waals surface area contributed by atoms with Crippen molar-refractivity contribution in [3.63, 3.8) is 0 Å². The Bertz CT molecular complexity index is 1390. The van der Waals surface area contributed by atoms with Crippen molar-refractivity contribution in [1.29, 1.82) is 0 Å². The van der Waals surface area contributed by atoms with Gasteiger partial charge in [-0.2, -0.15) is 0 Å². The summed E-state index contributed by atoms with van der Waals surface area (Å²) < 4.78 is 12.5. The molecule has 0 radical (unpaired) electrons. The zero-order chi connectivity index (χ0) is 23.5. The van der Waals surface area contributed by atoms with Crippen LogP contribution in [0.3, 0.4) is 0 Å².